The fraction of sp³-hybridized carbons (Fsp3) is 0.500. The topological polar surface area (TPSA) is 12.5 Å². The molecule has 0 spiro atoms. The minimum atomic E-state index is -0.277. The van der Waals surface area contributed by atoms with Crippen molar-refractivity contribution in [1.82, 2.24) is 0 Å². The van der Waals surface area contributed by atoms with Crippen molar-refractivity contribution in [3.8, 4) is 5.75 Å². The summed E-state index contributed by atoms with van der Waals surface area (Å²) in [6.07, 6.45) is 3.63. The molecule has 0 saturated carbocycles. The first kappa shape index (κ1) is 10.3. The SMILES string of the molecule is COc1c(F)cccc1N1CCCCC1. The molecule has 0 unspecified atom stereocenters. The van der Waals surface area contributed by atoms with E-state index in [0.29, 0.717) is 5.75 Å². The summed E-state index contributed by atoms with van der Waals surface area (Å²) < 4.78 is 18.6. The molecule has 1 heterocycles. The van der Waals surface area contributed by atoms with Crippen LogP contribution in [0.3, 0.4) is 0 Å². The van der Waals surface area contributed by atoms with Gasteiger partial charge in [-0.15, -0.1) is 0 Å². The summed E-state index contributed by atoms with van der Waals surface area (Å²) in [6.45, 7) is 2.00. The fourth-order valence-corrected chi connectivity index (χ4v) is 2.08. The zero-order valence-corrected chi connectivity index (χ0v) is 9.00. The van der Waals surface area contributed by atoms with E-state index in [9.17, 15) is 4.39 Å². The Balaban J connectivity index is 2.29. The molecule has 3 heteroatoms. The molecule has 0 atom stereocenters. The van der Waals surface area contributed by atoms with Gasteiger partial charge in [-0.2, -0.15) is 0 Å². The molecule has 1 aromatic carbocycles. The van der Waals surface area contributed by atoms with Crippen LogP contribution < -0.4 is 9.64 Å². The maximum absolute atomic E-state index is 13.5. The molecule has 2 rings (SSSR count). The quantitative estimate of drug-likeness (QED) is 0.742. The third kappa shape index (κ3) is 2.06. The van der Waals surface area contributed by atoms with Crippen LogP contribution in [0, 0.1) is 5.82 Å². The summed E-state index contributed by atoms with van der Waals surface area (Å²) in [7, 11) is 1.52. The van der Waals surface area contributed by atoms with E-state index >= 15 is 0 Å². The summed E-state index contributed by atoms with van der Waals surface area (Å²) in [5.41, 5.74) is 0.886. The van der Waals surface area contributed by atoms with Crippen molar-refractivity contribution in [2.24, 2.45) is 0 Å². The highest BCUT2D eigenvalue weighted by molar-refractivity contribution is 5.59. The maximum Gasteiger partial charge on any atom is 0.177 e. The third-order valence-corrected chi connectivity index (χ3v) is 2.85. The van der Waals surface area contributed by atoms with Gasteiger partial charge in [0.05, 0.1) is 12.8 Å². The molecule has 0 N–H and O–H groups in total. The molecule has 2 nitrogen and oxygen atoms in total. The average molecular weight is 209 g/mol. The van der Waals surface area contributed by atoms with Gasteiger partial charge in [0, 0.05) is 13.1 Å². The predicted octanol–water partition coefficient (Wildman–Crippen LogP) is 2.82. The fourth-order valence-electron chi connectivity index (χ4n) is 2.08. The van der Waals surface area contributed by atoms with Crippen molar-refractivity contribution in [3.05, 3.63) is 24.0 Å². The molecule has 0 amide bonds. The zero-order valence-electron chi connectivity index (χ0n) is 9.00. The van der Waals surface area contributed by atoms with E-state index in [0.717, 1.165) is 18.8 Å². The molecular weight excluding hydrogens is 193 g/mol. The lowest BCUT2D eigenvalue weighted by atomic mass is 10.1. The Labute approximate surface area is 89.7 Å². The van der Waals surface area contributed by atoms with Crippen molar-refractivity contribution in [3.63, 3.8) is 0 Å². The second-order valence-electron chi connectivity index (χ2n) is 3.84. The number of hydrogen-bond donors (Lipinski definition) is 0. The standard InChI is InChI=1S/C12H16FNO/c1-15-12-10(13)6-5-7-11(12)14-8-3-2-4-9-14/h5-7H,2-4,8-9H2,1H3. The van der Waals surface area contributed by atoms with Gasteiger partial charge in [-0.25, -0.2) is 4.39 Å². The number of anilines is 1. The van der Waals surface area contributed by atoms with Gasteiger partial charge >= 0.3 is 0 Å². The van der Waals surface area contributed by atoms with Gasteiger partial charge in [-0.05, 0) is 31.4 Å². The lowest BCUT2D eigenvalue weighted by Gasteiger charge is -2.30. The number of rotatable bonds is 2. The Morgan fingerprint density at radius 3 is 2.60 bits per heavy atom. The van der Waals surface area contributed by atoms with Crippen LogP contribution >= 0.6 is 0 Å². The van der Waals surface area contributed by atoms with Crippen LogP contribution in [0.5, 0.6) is 5.75 Å². The molecule has 1 aliphatic rings. The number of hydrogen-bond acceptors (Lipinski definition) is 2. The zero-order chi connectivity index (χ0) is 10.7. The number of methoxy groups -OCH3 is 1. The van der Waals surface area contributed by atoms with Crippen molar-refractivity contribution >= 4 is 5.69 Å². The normalized spacial score (nSPS) is 16.5. The van der Waals surface area contributed by atoms with Crippen LogP contribution in [0.25, 0.3) is 0 Å². The van der Waals surface area contributed by atoms with Gasteiger partial charge in [-0.1, -0.05) is 6.07 Å². The van der Waals surface area contributed by atoms with Crippen LogP contribution in [-0.4, -0.2) is 20.2 Å². The second-order valence-corrected chi connectivity index (χ2v) is 3.84. The first-order valence-corrected chi connectivity index (χ1v) is 5.40. The van der Waals surface area contributed by atoms with E-state index in [1.807, 2.05) is 6.07 Å². The van der Waals surface area contributed by atoms with Crippen LogP contribution in [0.4, 0.5) is 10.1 Å². The number of benzene rings is 1. The van der Waals surface area contributed by atoms with Gasteiger partial charge in [0.2, 0.25) is 0 Å². The molecule has 0 bridgehead atoms. The molecule has 0 aliphatic carbocycles. The second kappa shape index (κ2) is 4.51. The highest BCUT2D eigenvalue weighted by Crippen LogP contribution is 2.32. The summed E-state index contributed by atoms with van der Waals surface area (Å²) in [5, 5.41) is 0. The lowest BCUT2D eigenvalue weighted by molar-refractivity contribution is 0.385. The molecule has 0 aromatic heterocycles. The number of halogens is 1. The third-order valence-electron chi connectivity index (χ3n) is 2.85. The largest absolute Gasteiger partial charge is 0.492 e. The van der Waals surface area contributed by atoms with Crippen molar-refractivity contribution in [2.75, 3.05) is 25.1 Å². The number of nitrogens with zero attached hydrogens (tertiary/aromatic N) is 1. The maximum atomic E-state index is 13.5. The van der Waals surface area contributed by atoms with Crippen molar-refractivity contribution in [1.29, 1.82) is 0 Å². The molecular formula is C12H16FNO. The van der Waals surface area contributed by atoms with E-state index in [-0.39, 0.29) is 5.82 Å². The Morgan fingerprint density at radius 2 is 1.93 bits per heavy atom. The lowest BCUT2D eigenvalue weighted by Crippen LogP contribution is -2.29. The Hall–Kier alpha value is -1.25. The van der Waals surface area contributed by atoms with E-state index in [4.69, 9.17) is 4.74 Å². The van der Waals surface area contributed by atoms with E-state index in [1.54, 1.807) is 6.07 Å². The number of para-hydroxylation sites is 1. The first-order chi connectivity index (χ1) is 7.33. The highest BCUT2D eigenvalue weighted by Gasteiger charge is 2.17. The minimum absolute atomic E-state index is 0.277. The monoisotopic (exact) mass is 209 g/mol. The van der Waals surface area contributed by atoms with Crippen LogP contribution in [-0.2, 0) is 0 Å². The van der Waals surface area contributed by atoms with Crippen molar-refractivity contribution < 1.29 is 9.13 Å². The van der Waals surface area contributed by atoms with Crippen molar-refractivity contribution in [2.45, 2.75) is 19.3 Å². The molecule has 82 valence electrons. The van der Waals surface area contributed by atoms with Crippen LogP contribution in [0.15, 0.2) is 18.2 Å². The summed E-state index contributed by atoms with van der Waals surface area (Å²) in [6, 6.07) is 5.10. The van der Waals surface area contributed by atoms with Crippen LogP contribution in [0.1, 0.15) is 19.3 Å². The van der Waals surface area contributed by atoms with E-state index in [2.05, 4.69) is 4.90 Å². The molecule has 1 aromatic rings. The van der Waals surface area contributed by atoms with E-state index in [1.165, 1.54) is 32.4 Å². The smallest absolute Gasteiger partial charge is 0.177 e. The summed E-state index contributed by atoms with van der Waals surface area (Å²) >= 11 is 0. The average Bonchev–Trinajstić information content (AvgIpc) is 2.30. The van der Waals surface area contributed by atoms with Gasteiger partial charge in [0.1, 0.15) is 0 Å². The Kier molecular flexibility index (Phi) is 3.09. The van der Waals surface area contributed by atoms with Crippen LogP contribution in [0.2, 0.25) is 0 Å². The first-order valence-electron chi connectivity index (χ1n) is 5.40. The molecule has 1 saturated heterocycles. The predicted molar refractivity (Wildman–Crippen MR) is 59.0 cm³/mol. The van der Waals surface area contributed by atoms with E-state index < -0.39 is 0 Å². The molecule has 1 aliphatic heterocycles. The minimum Gasteiger partial charge on any atom is -0.492 e. The van der Waals surface area contributed by atoms with Gasteiger partial charge < -0.3 is 9.64 Å². The Morgan fingerprint density at radius 1 is 1.20 bits per heavy atom. The number of ether oxygens (including phenoxy) is 1. The molecule has 1 fully saturated rings. The molecule has 0 radical (unpaired) electrons. The summed E-state index contributed by atoms with van der Waals surface area (Å²) in [5.74, 6) is 0.0972. The molecule has 15 heavy (non-hydrogen) atoms. The summed E-state index contributed by atoms with van der Waals surface area (Å²) in [4.78, 5) is 2.20. The number of piperidine rings is 1. The Bertz CT molecular complexity index is 334. The van der Waals surface area contributed by atoms with Gasteiger partial charge in [-0.3, -0.25) is 0 Å². The van der Waals surface area contributed by atoms with Gasteiger partial charge in [0.25, 0.3) is 0 Å². The highest BCUT2D eigenvalue weighted by atomic mass is 19.1. The van der Waals surface area contributed by atoms with Gasteiger partial charge in [0.15, 0.2) is 11.6 Å².